The van der Waals surface area contributed by atoms with Gasteiger partial charge in [-0.2, -0.15) is 0 Å². The molecule has 0 saturated heterocycles. The first-order chi connectivity index (χ1) is 12.5. The Bertz CT molecular complexity index is 795. The van der Waals surface area contributed by atoms with Crippen LogP contribution in [0.4, 0.5) is 4.39 Å². The van der Waals surface area contributed by atoms with Crippen molar-refractivity contribution in [1.82, 2.24) is 4.98 Å². The number of methoxy groups -OCH3 is 3. The number of carbonyl (C=O) groups excluding carboxylic acids is 1. The van der Waals surface area contributed by atoms with Gasteiger partial charge in [-0.05, 0) is 46.3 Å². The molecule has 6 nitrogen and oxygen atoms in total. The topological polar surface area (TPSA) is 66.9 Å². The van der Waals surface area contributed by atoms with Crippen molar-refractivity contribution in [3.8, 4) is 11.6 Å². The number of rotatable bonds is 7. The van der Waals surface area contributed by atoms with Gasteiger partial charge in [0.25, 0.3) is 0 Å². The molecule has 8 heteroatoms. The van der Waals surface area contributed by atoms with E-state index < -0.39 is 18.1 Å². The summed E-state index contributed by atoms with van der Waals surface area (Å²) >= 11 is 3.24. The molecular weight excluding hydrogens is 409 g/mol. The Morgan fingerprint density at radius 3 is 2.42 bits per heavy atom. The van der Waals surface area contributed by atoms with Gasteiger partial charge >= 0.3 is 5.97 Å². The van der Waals surface area contributed by atoms with Crippen LogP contribution >= 0.6 is 15.9 Å². The van der Waals surface area contributed by atoms with Gasteiger partial charge in [-0.1, -0.05) is 0 Å². The third-order valence-electron chi connectivity index (χ3n) is 3.30. The van der Waals surface area contributed by atoms with E-state index in [1.54, 1.807) is 24.3 Å². The number of esters is 1. The van der Waals surface area contributed by atoms with E-state index in [0.717, 1.165) is 6.08 Å². The van der Waals surface area contributed by atoms with Crippen LogP contribution in [0, 0.1) is 0 Å². The van der Waals surface area contributed by atoms with Gasteiger partial charge in [-0.3, -0.25) is 0 Å². The molecule has 0 bridgehead atoms. The second-order valence-electron chi connectivity index (χ2n) is 4.94. The number of halogens is 2. The molecule has 1 aromatic heterocycles. The van der Waals surface area contributed by atoms with Crippen molar-refractivity contribution in [2.24, 2.45) is 0 Å². The summed E-state index contributed by atoms with van der Waals surface area (Å²) in [6.07, 6.45) is 0.139. The Kier molecular flexibility index (Phi) is 7.11. The van der Waals surface area contributed by atoms with E-state index >= 15 is 0 Å². The zero-order valence-electron chi connectivity index (χ0n) is 14.4. The van der Waals surface area contributed by atoms with Gasteiger partial charge in [-0.15, -0.1) is 0 Å². The quantitative estimate of drug-likeness (QED) is 0.493. The highest BCUT2D eigenvalue weighted by atomic mass is 79.9. The van der Waals surface area contributed by atoms with Crippen LogP contribution in [0.25, 0.3) is 5.83 Å². The van der Waals surface area contributed by atoms with Crippen molar-refractivity contribution in [2.45, 2.75) is 6.29 Å². The molecule has 1 heterocycles. The van der Waals surface area contributed by atoms with E-state index in [2.05, 4.69) is 25.7 Å². The first-order valence-corrected chi connectivity index (χ1v) is 8.23. The van der Waals surface area contributed by atoms with Crippen LogP contribution < -0.4 is 9.47 Å². The number of aromatic nitrogens is 1. The molecule has 0 aliphatic heterocycles. The van der Waals surface area contributed by atoms with Gasteiger partial charge in [0.15, 0.2) is 5.83 Å². The lowest BCUT2D eigenvalue weighted by Crippen LogP contribution is -2.16. The highest BCUT2D eigenvalue weighted by molar-refractivity contribution is 9.10. The van der Waals surface area contributed by atoms with E-state index in [-0.39, 0.29) is 11.6 Å². The molecule has 2 aromatic rings. The minimum Gasteiger partial charge on any atom is -0.481 e. The van der Waals surface area contributed by atoms with Crippen LogP contribution in [0.1, 0.15) is 16.1 Å². The van der Waals surface area contributed by atoms with Crippen LogP contribution in [0.3, 0.4) is 0 Å². The lowest BCUT2D eigenvalue weighted by molar-refractivity contribution is -0.0158. The maximum atomic E-state index is 14.6. The summed E-state index contributed by atoms with van der Waals surface area (Å²) in [5.74, 6) is -0.431. The molecule has 0 fully saturated rings. The standard InChI is InChI=1S/C18H17BrFNO5/c1-23-15-9-8-13(19)17(21-15)14(20)10-16(24-2)26-12-6-4-11(5-7-12)18(22)25-3/h4-10,16H,1-3H3/b14-10-. The fourth-order valence-electron chi connectivity index (χ4n) is 1.98. The number of ether oxygens (including phenoxy) is 4. The molecule has 2 rings (SSSR count). The van der Waals surface area contributed by atoms with Crippen LogP contribution in [0.2, 0.25) is 0 Å². The van der Waals surface area contributed by atoms with Crippen LogP contribution in [-0.2, 0) is 9.47 Å². The smallest absolute Gasteiger partial charge is 0.337 e. The summed E-state index contributed by atoms with van der Waals surface area (Å²) in [7, 11) is 4.12. The van der Waals surface area contributed by atoms with E-state index in [1.807, 2.05) is 0 Å². The van der Waals surface area contributed by atoms with Crippen LogP contribution in [0.5, 0.6) is 11.6 Å². The predicted molar refractivity (Wildman–Crippen MR) is 96.8 cm³/mol. The Morgan fingerprint density at radius 1 is 1.15 bits per heavy atom. The van der Waals surface area contributed by atoms with E-state index in [9.17, 15) is 9.18 Å². The number of carbonyl (C=O) groups is 1. The maximum Gasteiger partial charge on any atom is 0.337 e. The molecule has 0 aliphatic carbocycles. The summed E-state index contributed by atoms with van der Waals surface area (Å²) in [4.78, 5) is 15.5. The van der Waals surface area contributed by atoms with E-state index in [4.69, 9.17) is 14.2 Å². The van der Waals surface area contributed by atoms with Crippen molar-refractivity contribution in [1.29, 1.82) is 0 Å². The first-order valence-electron chi connectivity index (χ1n) is 7.44. The average molecular weight is 426 g/mol. The van der Waals surface area contributed by atoms with Gasteiger partial charge in [-0.25, -0.2) is 14.2 Å². The van der Waals surface area contributed by atoms with Crippen molar-refractivity contribution < 1.29 is 28.1 Å². The van der Waals surface area contributed by atoms with Crippen molar-refractivity contribution in [2.75, 3.05) is 21.3 Å². The Balaban J connectivity index is 2.17. The molecule has 0 spiro atoms. The SMILES string of the molecule is COC(=O)c1ccc(OC(/C=C(\F)c2nc(OC)ccc2Br)OC)cc1. The molecule has 1 unspecified atom stereocenters. The van der Waals surface area contributed by atoms with Gasteiger partial charge in [0, 0.05) is 23.7 Å². The van der Waals surface area contributed by atoms with Crippen molar-refractivity contribution >= 4 is 27.7 Å². The molecule has 0 amide bonds. The average Bonchev–Trinajstić information content (AvgIpc) is 2.67. The lowest BCUT2D eigenvalue weighted by atomic mass is 10.2. The summed E-state index contributed by atoms with van der Waals surface area (Å²) in [5.41, 5.74) is 0.441. The predicted octanol–water partition coefficient (Wildman–Crippen LogP) is 4.00. The van der Waals surface area contributed by atoms with Crippen molar-refractivity contribution in [3.05, 3.63) is 58.2 Å². The molecule has 0 saturated carbocycles. The number of hydrogen-bond donors (Lipinski definition) is 0. The monoisotopic (exact) mass is 425 g/mol. The van der Waals surface area contributed by atoms with E-state index in [1.165, 1.54) is 33.5 Å². The zero-order valence-corrected chi connectivity index (χ0v) is 15.9. The molecule has 0 aliphatic rings. The highest BCUT2D eigenvalue weighted by Crippen LogP contribution is 2.27. The first kappa shape index (κ1) is 19.9. The second-order valence-corrected chi connectivity index (χ2v) is 5.79. The second kappa shape index (κ2) is 9.30. The van der Waals surface area contributed by atoms with Gasteiger partial charge in [0.05, 0.1) is 19.8 Å². The van der Waals surface area contributed by atoms with Gasteiger partial charge < -0.3 is 18.9 Å². The number of nitrogens with zero attached hydrogens (tertiary/aromatic N) is 1. The minimum atomic E-state index is -1.00. The summed E-state index contributed by atoms with van der Waals surface area (Å²) in [5, 5.41) is 0. The Morgan fingerprint density at radius 2 is 1.85 bits per heavy atom. The largest absolute Gasteiger partial charge is 0.481 e. The lowest BCUT2D eigenvalue weighted by Gasteiger charge is -2.15. The maximum absolute atomic E-state index is 14.6. The minimum absolute atomic E-state index is 0.0658. The molecule has 1 aromatic carbocycles. The third-order valence-corrected chi connectivity index (χ3v) is 3.94. The van der Waals surface area contributed by atoms with Crippen LogP contribution in [0.15, 0.2) is 46.9 Å². The van der Waals surface area contributed by atoms with Crippen molar-refractivity contribution in [3.63, 3.8) is 0 Å². The summed E-state index contributed by atoms with van der Waals surface area (Å²) < 4.78 is 35.3. The fourth-order valence-corrected chi connectivity index (χ4v) is 2.39. The Labute approximate surface area is 158 Å². The molecule has 1 atom stereocenters. The number of benzene rings is 1. The van der Waals surface area contributed by atoms with Crippen LogP contribution in [-0.4, -0.2) is 38.6 Å². The summed E-state index contributed by atoms with van der Waals surface area (Å²) in [6, 6.07) is 9.42. The van der Waals surface area contributed by atoms with Gasteiger partial charge in [0.2, 0.25) is 12.2 Å². The molecule has 0 radical (unpaired) electrons. The summed E-state index contributed by atoms with van der Waals surface area (Å²) in [6.45, 7) is 0. The molecule has 0 N–H and O–H groups in total. The molecule has 138 valence electrons. The number of hydrogen-bond acceptors (Lipinski definition) is 6. The number of pyridine rings is 1. The highest BCUT2D eigenvalue weighted by Gasteiger charge is 2.14. The Hall–Kier alpha value is -2.45. The fraction of sp³-hybridized carbons (Fsp3) is 0.222. The van der Waals surface area contributed by atoms with Gasteiger partial charge in [0.1, 0.15) is 11.4 Å². The molecule has 26 heavy (non-hydrogen) atoms. The third kappa shape index (κ3) is 5.03. The molecular formula is C18H17BrFNO5. The normalized spacial score (nSPS) is 12.4. The zero-order chi connectivity index (χ0) is 19.1. The van der Waals surface area contributed by atoms with E-state index in [0.29, 0.717) is 15.8 Å².